The van der Waals surface area contributed by atoms with E-state index in [-0.39, 0.29) is 17.2 Å². The van der Waals surface area contributed by atoms with Crippen molar-refractivity contribution in [2.45, 2.75) is 17.1 Å². The number of rotatable bonds is 5. The number of anilines is 1. The minimum absolute atomic E-state index is 0.0574. The van der Waals surface area contributed by atoms with Gasteiger partial charge in [-0.05, 0) is 24.3 Å². The van der Waals surface area contributed by atoms with Gasteiger partial charge in [-0.15, -0.1) is 11.8 Å². The lowest BCUT2D eigenvalue weighted by Crippen LogP contribution is -2.21. The summed E-state index contributed by atoms with van der Waals surface area (Å²) in [6.07, 6.45) is -0.473. The third kappa shape index (κ3) is 4.06. The van der Waals surface area contributed by atoms with E-state index < -0.39 is 17.9 Å². The van der Waals surface area contributed by atoms with E-state index in [2.05, 4.69) is 9.97 Å². The van der Waals surface area contributed by atoms with Gasteiger partial charge in [-0.1, -0.05) is 0 Å². The summed E-state index contributed by atoms with van der Waals surface area (Å²) in [4.78, 5) is 29.7. The number of hydrogen-bond acceptors (Lipinski definition) is 5. The van der Waals surface area contributed by atoms with Crippen LogP contribution in [0.3, 0.4) is 0 Å². The van der Waals surface area contributed by atoms with Crippen molar-refractivity contribution in [2.75, 3.05) is 5.73 Å². The van der Waals surface area contributed by atoms with Crippen molar-refractivity contribution < 1.29 is 14.3 Å². The first-order chi connectivity index (χ1) is 9.95. The number of hydrogen-bond donors (Lipinski definition) is 3. The van der Waals surface area contributed by atoms with E-state index in [9.17, 15) is 14.0 Å². The molecule has 0 unspecified atom stereocenters. The van der Waals surface area contributed by atoms with Gasteiger partial charge in [0.1, 0.15) is 17.5 Å². The molecule has 0 saturated carbocycles. The van der Waals surface area contributed by atoms with Crippen LogP contribution in [0, 0.1) is 5.82 Å². The van der Waals surface area contributed by atoms with Crippen molar-refractivity contribution in [3.63, 3.8) is 0 Å². The fraction of sp³-hybridized carbons (Fsp3) is 0.154. The molecular formula is C13H12FN3O3S. The fourth-order valence-corrected chi connectivity index (χ4v) is 2.41. The van der Waals surface area contributed by atoms with Crippen LogP contribution >= 0.6 is 11.8 Å². The topological polar surface area (TPSA) is 109 Å². The van der Waals surface area contributed by atoms with Crippen LogP contribution in [-0.4, -0.2) is 21.0 Å². The molecule has 0 bridgehead atoms. The maximum atomic E-state index is 12.8. The van der Waals surface area contributed by atoms with E-state index in [1.165, 1.54) is 23.9 Å². The van der Waals surface area contributed by atoms with Gasteiger partial charge in [0, 0.05) is 4.90 Å². The highest BCUT2D eigenvalue weighted by molar-refractivity contribution is 7.98. The second-order valence-corrected chi connectivity index (χ2v) is 5.24. The van der Waals surface area contributed by atoms with Crippen LogP contribution in [0.5, 0.6) is 0 Å². The molecule has 0 saturated heterocycles. The van der Waals surface area contributed by atoms with E-state index in [4.69, 9.17) is 10.8 Å². The zero-order valence-corrected chi connectivity index (χ0v) is 11.6. The van der Waals surface area contributed by atoms with Crippen LogP contribution in [0.25, 0.3) is 0 Å². The number of thioether (sulfide) groups is 1. The third-order valence-electron chi connectivity index (χ3n) is 2.61. The first kappa shape index (κ1) is 15.0. The highest BCUT2D eigenvalue weighted by atomic mass is 32.2. The predicted molar refractivity (Wildman–Crippen MR) is 76.6 cm³/mol. The molecule has 21 heavy (non-hydrogen) atoms. The molecule has 2 aromatic rings. The number of aromatic nitrogens is 2. The molecule has 0 amide bonds. The number of carboxylic acids is 1. The molecule has 0 aliphatic rings. The summed E-state index contributed by atoms with van der Waals surface area (Å²) in [6, 6.07) is 5.90. The number of H-pyrrole nitrogens is 1. The molecule has 0 fully saturated rings. The Labute approximate surface area is 123 Å². The highest BCUT2D eigenvalue weighted by Gasteiger charge is 2.12. The number of carbonyl (C=O) groups is 1. The Bertz CT molecular complexity index is 716. The van der Waals surface area contributed by atoms with E-state index in [0.717, 1.165) is 4.90 Å². The van der Waals surface area contributed by atoms with Crippen molar-refractivity contribution in [1.82, 2.24) is 9.97 Å². The number of nitrogen functional groups attached to an aromatic ring is 1. The first-order valence-electron chi connectivity index (χ1n) is 5.93. The SMILES string of the molecule is Nc1nc(CSc2ccc(F)cc2)[nH]c(=O)c1CC(=O)O. The molecule has 8 heteroatoms. The van der Waals surface area contributed by atoms with Gasteiger partial charge in [-0.2, -0.15) is 0 Å². The highest BCUT2D eigenvalue weighted by Crippen LogP contribution is 2.21. The van der Waals surface area contributed by atoms with Gasteiger partial charge in [-0.25, -0.2) is 9.37 Å². The molecular weight excluding hydrogens is 297 g/mol. The summed E-state index contributed by atoms with van der Waals surface area (Å²) in [7, 11) is 0. The van der Waals surface area contributed by atoms with Gasteiger partial charge in [0.2, 0.25) is 0 Å². The Morgan fingerprint density at radius 2 is 2.05 bits per heavy atom. The van der Waals surface area contributed by atoms with Gasteiger partial charge in [0.15, 0.2) is 0 Å². The molecule has 1 heterocycles. The van der Waals surface area contributed by atoms with Crippen LogP contribution < -0.4 is 11.3 Å². The van der Waals surface area contributed by atoms with E-state index in [0.29, 0.717) is 11.6 Å². The van der Waals surface area contributed by atoms with E-state index in [1.807, 2.05) is 0 Å². The molecule has 0 aliphatic heterocycles. The zero-order chi connectivity index (χ0) is 15.4. The molecule has 2 rings (SSSR count). The molecule has 1 aromatic heterocycles. The summed E-state index contributed by atoms with van der Waals surface area (Å²) < 4.78 is 12.8. The third-order valence-corrected chi connectivity index (χ3v) is 3.64. The van der Waals surface area contributed by atoms with Gasteiger partial charge in [0.25, 0.3) is 5.56 Å². The first-order valence-corrected chi connectivity index (χ1v) is 6.92. The second kappa shape index (κ2) is 6.40. The van der Waals surface area contributed by atoms with Crippen LogP contribution in [0.2, 0.25) is 0 Å². The number of aliphatic carboxylic acids is 1. The summed E-state index contributed by atoms with van der Waals surface area (Å²) in [6.45, 7) is 0. The average Bonchev–Trinajstić information content (AvgIpc) is 2.42. The number of carboxylic acid groups (broad SMARTS) is 1. The Morgan fingerprint density at radius 3 is 2.62 bits per heavy atom. The summed E-state index contributed by atoms with van der Waals surface area (Å²) in [5, 5.41) is 8.69. The average molecular weight is 309 g/mol. The zero-order valence-electron chi connectivity index (χ0n) is 10.8. The van der Waals surface area contributed by atoms with Gasteiger partial charge in [0.05, 0.1) is 17.7 Å². The van der Waals surface area contributed by atoms with Gasteiger partial charge in [-0.3, -0.25) is 9.59 Å². The van der Waals surface area contributed by atoms with Gasteiger partial charge >= 0.3 is 5.97 Å². The van der Waals surface area contributed by atoms with Crippen LogP contribution in [0.1, 0.15) is 11.4 Å². The van der Waals surface area contributed by atoms with Crippen molar-refractivity contribution in [3.8, 4) is 0 Å². The summed E-state index contributed by atoms with van der Waals surface area (Å²) in [5.74, 6) is -0.897. The van der Waals surface area contributed by atoms with Crippen molar-refractivity contribution in [3.05, 3.63) is 51.8 Å². The standard InChI is InChI=1S/C13H12FN3O3S/c14-7-1-3-8(4-2-7)21-6-10-16-12(15)9(5-11(18)19)13(20)17-10/h1-4H,5-6H2,(H,18,19)(H3,15,16,17,20). The van der Waals surface area contributed by atoms with Gasteiger partial charge < -0.3 is 15.8 Å². The number of benzene rings is 1. The lowest BCUT2D eigenvalue weighted by Gasteiger charge is -2.05. The minimum Gasteiger partial charge on any atom is -0.481 e. The second-order valence-electron chi connectivity index (χ2n) is 4.19. The quantitative estimate of drug-likeness (QED) is 0.721. The van der Waals surface area contributed by atoms with Crippen LogP contribution in [-0.2, 0) is 17.0 Å². The predicted octanol–water partition coefficient (Wildman–Crippen LogP) is 1.41. The molecule has 0 spiro atoms. The lowest BCUT2D eigenvalue weighted by atomic mass is 10.2. The molecule has 110 valence electrons. The van der Waals surface area contributed by atoms with Crippen molar-refractivity contribution in [2.24, 2.45) is 0 Å². The lowest BCUT2D eigenvalue weighted by molar-refractivity contribution is -0.136. The normalized spacial score (nSPS) is 10.5. The van der Waals surface area contributed by atoms with Crippen molar-refractivity contribution >= 4 is 23.5 Å². The molecule has 0 aliphatic carbocycles. The number of nitrogens with two attached hydrogens (primary N) is 1. The molecule has 0 radical (unpaired) electrons. The Balaban J connectivity index is 2.12. The maximum Gasteiger partial charge on any atom is 0.308 e. The molecule has 0 atom stereocenters. The molecule has 1 aromatic carbocycles. The molecule has 6 nitrogen and oxygen atoms in total. The van der Waals surface area contributed by atoms with Crippen molar-refractivity contribution in [1.29, 1.82) is 0 Å². The van der Waals surface area contributed by atoms with E-state index >= 15 is 0 Å². The molecule has 4 N–H and O–H groups in total. The smallest absolute Gasteiger partial charge is 0.308 e. The Morgan fingerprint density at radius 1 is 1.38 bits per heavy atom. The number of nitrogens with zero attached hydrogens (tertiary/aromatic N) is 1. The number of halogens is 1. The minimum atomic E-state index is -1.15. The summed E-state index contributed by atoms with van der Waals surface area (Å²) >= 11 is 1.35. The summed E-state index contributed by atoms with van der Waals surface area (Å²) in [5.41, 5.74) is 4.99. The monoisotopic (exact) mass is 309 g/mol. The van der Waals surface area contributed by atoms with E-state index in [1.54, 1.807) is 12.1 Å². The maximum absolute atomic E-state index is 12.8. The van der Waals surface area contributed by atoms with Crippen LogP contribution in [0.4, 0.5) is 10.2 Å². The number of aromatic amines is 1. The fourth-order valence-electron chi connectivity index (χ4n) is 1.64. The Kier molecular flexibility index (Phi) is 4.59. The number of nitrogens with one attached hydrogen (secondary N) is 1. The largest absolute Gasteiger partial charge is 0.481 e. The van der Waals surface area contributed by atoms with Crippen LogP contribution in [0.15, 0.2) is 34.0 Å². The Hall–Kier alpha value is -2.35.